The van der Waals surface area contributed by atoms with Crippen molar-refractivity contribution in [3.63, 3.8) is 0 Å². The van der Waals surface area contributed by atoms with Crippen molar-refractivity contribution in [1.29, 1.82) is 0 Å². The molecule has 0 fully saturated rings. The monoisotopic (exact) mass is 1480 g/mol. The number of carbonyl (C=O) groups is 4. The van der Waals surface area contributed by atoms with Crippen LogP contribution in [0.3, 0.4) is 0 Å². The van der Waals surface area contributed by atoms with Gasteiger partial charge in [0.15, 0.2) is 12.2 Å². The molecule has 19 heteroatoms. The minimum atomic E-state index is -4.97. The van der Waals surface area contributed by atoms with Gasteiger partial charge in [0.1, 0.15) is 19.3 Å². The lowest BCUT2D eigenvalue weighted by Crippen LogP contribution is -2.30. The fourth-order valence-electron chi connectivity index (χ4n) is 12.2. The first kappa shape index (κ1) is 98.5. The highest BCUT2D eigenvalue weighted by molar-refractivity contribution is 7.47. The number of hydrogen-bond donors (Lipinski definition) is 3. The molecule has 2 unspecified atom stereocenters. The van der Waals surface area contributed by atoms with E-state index in [1.54, 1.807) is 0 Å². The molecule has 0 aromatic rings. The van der Waals surface area contributed by atoms with Crippen LogP contribution < -0.4 is 0 Å². The van der Waals surface area contributed by atoms with Crippen molar-refractivity contribution in [1.82, 2.24) is 0 Å². The minimum absolute atomic E-state index is 0.0854. The van der Waals surface area contributed by atoms with E-state index in [1.165, 1.54) is 225 Å². The number of aliphatic hydroxyl groups excluding tert-OH is 1. The molecule has 0 aliphatic carbocycles. The number of allylic oxidation sites excluding steroid dienone is 4. The number of ether oxygens (including phenoxy) is 4. The van der Waals surface area contributed by atoms with Crippen LogP contribution in [0.2, 0.25) is 0 Å². The zero-order chi connectivity index (χ0) is 74.1. The number of phosphoric ester groups is 2. The molecule has 0 saturated carbocycles. The van der Waals surface area contributed by atoms with Gasteiger partial charge in [-0.2, -0.15) is 0 Å². The number of rotatable bonds is 80. The summed E-state index contributed by atoms with van der Waals surface area (Å²) in [5.74, 6) is -1.35. The Morgan fingerprint density at radius 3 is 0.812 bits per heavy atom. The van der Waals surface area contributed by atoms with E-state index in [9.17, 15) is 43.2 Å². The summed E-state index contributed by atoms with van der Waals surface area (Å²) in [6.45, 7) is 7.27. The van der Waals surface area contributed by atoms with E-state index in [2.05, 4.69) is 58.9 Å². The van der Waals surface area contributed by atoms with E-state index in [0.717, 1.165) is 109 Å². The van der Waals surface area contributed by atoms with Crippen LogP contribution in [0, 0.1) is 5.92 Å². The molecule has 0 aromatic heterocycles. The van der Waals surface area contributed by atoms with Gasteiger partial charge in [-0.1, -0.05) is 361 Å². The third kappa shape index (κ3) is 75.6. The number of aliphatic hydroxyl groups is 1. The molecule has 3 N–H and O–H groups in total. The maximum absolute atomic E-state index is 13.1. The van der Waals surface area contributed by atoms with E-state index in [-0.39, 0.29) is 25.7 Å². The number of phosphoric acid groups is 2. The van der Waals surface area contributed by atoms with Crippen LogP contribution in [0.5, 0.6) is 0 Å². The highest BCUT2D eigenvalue weighted by Crippen LogP contribution is 2.45. The van der Waals surface area contributed by atoms with Crippen LogP contribution in [0.25, 0.3) is 0 Å². The van der Waals surface area contributed by atoms with Crippen LogP contribution in [0.1, 0.15) is 413 Å². The van der Waals surface area contributed by atoms with E-state index in [4.69, 9.17) is 37.0 Å². The van der Waals surface area contributed by atoms with Gasteiger partial charge in [-0.15, -0.1) is 0 Å². The molecule has 5 atom stereocenters. The number of hydrogen-bond acceptors (Lipinski definition) is 15. The van der Waals surface area contributed by atoms with Crippen molar-refractivity contribution in [2.24, 2.45) is 5.92 Å². The minimum Gasteiger partial charge on any atom is -0.462 e. The molecule has 0 heterocycles. The van der Waals surface area contributed by atoms with Crippen molar-refractivity contribution < 1.29 is 80.2 Å². The molecule has 0 aliphatic rings. The first-order valence-electron chi connectivity index (χ1n) is 42.0. The summed E-state index contributed by atoms with van der Waals surface area (Å²) in [5, 5.41) is 10.6. The molecule has 0 spiro atoms. The Balaban J connectivity index is 5.24. The second-order valence-electron chi connectivity index (χ2n) is 29.3. The topological polar surface area (TPSA) is 237 Å². The van der Waals surface area contributed by atoms with Crippen molar-refractivity contribution in [2.45, 2.75) is 432 Å². The van der Waals surface area contributed by atoms with E-state index >= 15 is 0 Å². The molecule has 0 radical (unpaired) electrons. The molecule has 0 bridgehead atoms. The van der Waals surface area contributed by atoms with E-state index in [1.807, 2.05) is 0 Å². The van der Waals surface area contributed by atoms with E-state index in [0.29, 0.717) is 25.7 Å². The van der Waals surface area contributed by atoms with Crippen LogP contribution in [-0.4, -0.2) is 96.7 Å². The Morgan fingerprint density at radius 2 is 0.535 bits per heavy atom. The van der Waals surface area contributed by atoms with Crippen molar-refractivity contribution >= 4 is 39.5 Å². The van der Waals surface area contributed by atoms with Gasteiger partial charge in [-0.25, -0.2) is 9.13 Å². The van der Waals surface area contributed by atoms with Crippen LogP contribution in [-0.2, 0) is 65.4 Å². The lowest BCUT2D eigenvalue weighted by molar-refractivity contribution is -0.161. The fourth-order valence-corrected chi connectivity index (χ4v) is 13.8. The van der Waals surface area contributed by atoms with Crippen molar-refractivity contribution in [2.75, 3.05) is 39.6 Å². The fraction of sp³-hybridized carbons (Fsp3) is 0.902. The standard InChI is InChI=1S/C82H156O17P2/c1-6-9-12-15-18-21-23-25-27-28-29-30-31-32-34-38-43-48-53-58-63-68-82(87)99-78(72-93-80(85)66-61-56-51-46-41-39-35-36-40-45-49-54-59-64-75(4)5)74-97-101(90,91)95-70-76(83)69-94-100(88,89)96-73-77(71-92-79(84)65-60-55-50-44-20-17-14-11-8-3)98-81(86)67-62-57-52-47-42-37-33-26-24-22-19-16-13-10-7-2/h22,24,26,33,75-78,83H,6-21,23,25,27-32,34-74H2,1-5H3,(H,88,89)(H,90,91)/b24-22-,33-26-/t76-,77+,78+/m0/s1. The summed E-state index contributed by atoms with van der Waals surface area (Å²) in [5.41, 5.74) is 0. The third-order valence-electron chi connectivity index (χ3n) is 18.7. The molecule has 101 heavy (non-hydrogen) atoms. The first-order valence-corrected chi connectivity index (χ1v) is 44.9. The molecule has 0 amide bonds. The van der Waals surface area contributed by atoms with Gasteiger partial charge in [0.05, 0.1) is 26.4 Å². The highest BCUT2D eigenvalue weighted by atomic mass is 31.2. The Hall–Kier alpha value is -2.46. The maximum atomic E-state index is 13.1. The second kappa shape index (κ2) is 74.4. The van der Waals surface area contributed by atoms with Gasteiger partial charge in [-0.3, -0.25) is 37.3 Å². The summed E-state index contributed by atoms with van der Waals surface area (Å²) in [7, 11) is -9.93. The molecule has 0 aliphatic heterocycles. The molecule has 0 saturated heterocycles. The Labute approximate surface area is 618 Å². The number of esters is 4. The van der Waals surface area contributed by atoms with Crippen molar-refractivity contribution in [3.8, 4) is 0 Å². The quantitative estimate of drug-likeness (QED) is 0.0169. The van der Waals surface area contributed by atoms with Gasteiger partial charge in [0.25, 0.3) is 0 Å². The maximum Gasteiger partial charge on any atom is 0.472 e. The average Bonchev–Trinajstić information content (AvgIpc) is 0.966. The summed E-state index contributed by atoms with van der Waals surface area (Å²) >= 11 is 0. The van der Waals surface area contributed by atoms with Crippen LogP contribution >= 0.6 is 15.6 Å². The third-order valence-corrected chi connectivity index (χ3v) is 20.6. The SMILES string of the molecule is CCCCCC/C=C\C=C/CCCCCCCC(=O)O[C@H](COC(=O)CCCCCCCCCCC)COP(=O)(O)OC[C@H](O)COP(=O)(O)OC[C@@H](COC(=O)CCCCCCCCCCCCCCCC(C)C)OC(=O)CCCCCCCCCCCCCCCCCCCCCCC. The molecule has 17 nitrogen and oxygen atoms in total. The Kier molecular flexibility index (Phi) is 72.6. The summed E-state index contributed by atoms with van der Waals surface area (Å²) in [6, 6.07) is 0. The average molecular weight is 1480 g/mol. The molecular weight excluding hydrogens is 1320 g/mol. The first-order chi connectivity index (χ1) is 49.0. The lowest BCUT2D eigenvalue weighted by Gasteiger charge is -2.21. The van der Waals surface area contributed by atoms with E-state index < -0.39 is 97.5 Å². The molecular formula is C82H156O17P2. The lowest BCUT2D eigenvalue weighted by atomic mass is 10.0. The van der Waals surface area contributed by atoms with Gasteiger partial charge in [0.2, 0.25) is 0 Å². The summed E-state index contributed by atoms with van der Waals surface area (Å²) < 4.78 is 68.6. The normalized spacial score (nSPS) is 14.0. The molecule has 0 aromatic carbocycles. The molecule has 0 rings (SSSR count). The molecule has 596 valence electrons. The predicted octanol–water partition coefficient (Wildman–Crippen LogP) is 24.4. The zero-order valence-electron chi connectivity index (χ0n) is 65.5. The second-order valence-corrected chi connectivity index (χ2v) is 32.2. The number of unbranched alkanes of at least 4 members (excludes halogenated alkanes) is 49. The number of carbonyl (C=O) groups excluding carboxylic acids is 4. The highest BCUT2D eigenvalue weighted by Gasteiger charge is 2.30. The predicted molar refractivity (Wildman–Crippen MR) is 414 cm³/mol. The van der Waals surface area contributed by atoms with Crippen molar-refractivity contribution in [3.05, 3.63) is 24.3 Å². The van der Waals surface area contributed by atoms with Gasteiger partial charge >= 0.3 is 39.5 Å². The summed E-state index contributed by atoms with van der Waals surface area (Å²) in [4.78, 5) is 73.0. The zero-order valence-corrected chi connectivity index (χ0v) is 67.3. The Morgan fingerprint density at radius 1 is 0.307 bits per heavy atom. The Bertz CT molecular complexity index is 2020. The van der Waals surface area contributed by atoms with Gasteiger partial charge in [0, 0.05) is 25.7 Å². The van der Waals surface area contributed by atoms with Gasteiger partial charge < -0.3 is 33.8 Å². The largest absolute Gasteiger partial charge is 0.472 e. The van der Waals surface area contributed by atoms with Crippen LogP contribution in [0.15, 0.2) is 24.3 Å². The van der Waals surface area contributed by atoms with Gasteiger partial charge in [-0.05, 0) is 57.3 Å². The summed E-state index contributed by atoms with van der Waals surface area (Å²) in [6.07, 6.45) is 68.9. The smallest absolute Gasteiger partial charge is 0.462 e. The van der Waals surface area contributed by atoms with Crippen LogP contribution in [0.4, 0.5) is 0 Å².